The van der Waals surface area contributed by atoms with Crippen LogP contribution in [0.15, 0.2) is 331 Å². The molecule has 0 amide bonds. The smallest absolute Gasteiger partial charge is 0.405 e. The number of halogens is 3. The average Bonchev–Trinajstić information content (AvgIpc) is 1.34. The maximum atomic E-state index is 13.2. The van der Waals surface area contributed by atoms with Gasteiger partial charge < -0.3 is 53.3 Å². The first-order valence-corrected chi connectivity index (χ1v) is 37.9. The third-order valence-corrected chi connectivity index (χ3v) is 20.4. The van der Waals surface area contributed by atoms with E-state index >= 15 is 0 Å². The Hall–Kier alpha value is -12.6. The average molecular weight is 1910 g/mol. The molecule has 0 aliphatic carbocycles. The number of rotatable bonds is 6. The van der Waals surface area contributed by atoms with Crippen molar-refractivity contribution in [1.29, 1.82) is 0 Å². The van der Waals surface area contributed by atoms with Crippen LogP contribution < -0.4 is 0 Å². The van der Waals surface area contributed by atoms with Crippen molar-refractivity contribution in [3.05, 3.63) is 340 Å². The quantitative estimate of drug-likeness (QED) is 0.0929. The number of benzene rings is 14. The first-order valence-electron chi connectivity index (χ1n) is 37.9. The molecule has 0 spiro atoms. The van der Waals surface area contributed by atoms with Gasteiger partial charge in [-0.1, -0.05) is 192 Å². The van der Waals surface area contributed by atoms with E-state index in [0.29, 0.717) is 22.3 Å². The Morgan fingerprint density at radius 3 is 1.07 bits per heavy atom. The van der Waals surface area contributed by atoms with Crippen LogP contribution in [-0.2, 0) is 53.3 Å². The van der Waals surface area contributed by atoms with Crippen molar-refractivity contribution < 1.29 is 82.6 Å². The second-order valence-electron chi connectivity index (χ2n) is 26.9. The minimum atomic E-state index is -4.31. The van der Waals surface area contributed by atoms with Crippen molar-refractivity contribution in [1.82, 2.24) is 29.1 Å². The first kappa shape index (κ1) is 83.3. The van der Waals surface area contributed by atoms with Crippen LogP contribution in [-0.4, -0.2) is 83.6 Å². The zero-order valence-corrected chi connectivity index (χ0v) is 69.6. The van der Waals surface area contributed by atoms with E-state index < -0.39 is 12.7 Å². The van der Waals surface area contributed by atoms with Crippen molar-refractivity contribution in [2.45, 2.75) is 33.1 Å². The molecule has 0 bridgehead atoms. The summed E-state index contributed by atoms with van der Waals surface area (Å²) in [6, 6.07) is 110. The summed E-state index contributed by atoms with van der Waals surface area (Å²) < 4.78 is 55.7. The number of furan rings is 2. The zero-order valence-electron chi connectivity index (χ0n) is 64.8. The fraction of sp³-hybridized carbons (Fsp3) is 0.0891. The molecule has 12 nitrogen and oxygen atoms in total. The topological polar surface area (TPSA) is 169 Å². The number of aliphatic hydroxyl groups is 4. The van der Waals surface area contributed by atoms with Crippen molar-refractivity contribution in [2.75, 3.05) is 27.9 Å². The molecule has 14 aromatic carbocycles. The van der Waals surface area contributed by atoms with Gasteiger partial charge in [-0.25, -0.2) is 0 Å². The van der Waals surface area contributed by atoms with E-state index in [0.717, 1.165) is 116 Å². The van der Waals surface area contributed by atoms with E-state index in [2.05, 4.69) is 226 Å². The maximum Gasteiger partial charge on any atom is 0.405 e. The number of aromatic nitrogens is 6. The van der Waals surface area contributed by atoms with Gasteiger partial charge in [0.25, 0.3) is 0 Å². The molecule has 0 fully saturated rings. The second kappa shape index (κ2) is 37.5. The summed E-state index contributed by atoms with van der Waals surface area (Å²) in [5.74, 6) is 0. The molecule has 22 aromatic rings. The van der Waals surface area contributed by atoms with Crippen LogP contribution in [0.2, 0.25) is 0 Å². The Bertz CT molecular complexity index is 6980. The van der Waals surface area contributed by atoms with Gasteiger partial charge in [-0.3, -0.25) is 4.98 Å². The number of aryl methyl sites for hydroxylation is 1. The summed E-state index contributed by atoms with van der Waals surface area (Å²) in [6.07, 6.45) is 2.79. The van der Waals surface area contributed by atoms with Gasteiger partial charge in [0.05, 0.1) is 11.3 Å². The van der Waals surface area contributed by atoms with E-state index in [-0.39, 0.29) is 46.8 Å². The van der Waals surface area contributed by atoms with Gasteiger partial charge in [0.2, 0.25) is 0 Å². The summed E-state index contributed by atoms with van der Waals surface area (Å²) >= 11 is 0. The minimum absolute atomic E-state index is 0. The van der Waals surface area contributed by atoms with Crippen molar-refractivity contribution in [2.24, 2.45) is 0 Å². The van der Waals surface area contributed by atoms with E-state index in [9.17, 15) is 13.2 Å². The summed E-state index contributed by atoms with van der Waals surface area (Å²) in [5.41, 5.74) is 14.3. The van der Waals surface area contributed by atoms with Crippen LogP contribution in [0.4, 0.5) is 13.2 Å². The van der Waals surface area contributed by atoms with Gasteiger partial charge in [-0.05, 0) is 202 Å². The molecule has 17 heteroatoms. The number of alkyl halides is 3. The molecule has 8 aromatic heterocycles. The number of nitrogens with zero attached hydrogens (tertiary/aromatic N) is 6. The van der Waals surface area contributed by atoms with E-state index in [1.54, 1.807) is 49.5 Å². The fourth-order valence-electron chi connectivity index (χ4n) is 15.8. The Balaban J connectivity index is 0.000000133. The Labute approximate surface area is 705 Å². The molecule has 0 atom stereocenters. The monoisotopic (exact) mass is 1910 g/mol. The summed E-state index contributed by atoms with van der Waals surface area (Å²) in [6.45, 7) is 4.00. The van der Waals surface area contributed by atoms with Crippen LogP contribution in [0, 0.1) is 18.2 Å². The predicted octanol–water partition coefficient (Wildman–Crippen LogP) is 24.7. The van der Waals surface area contributed by atoms with Gasteiger partial charge in [0.1, 0.15) is 23.3 Å². The van der Waals surface area contributed by atoms with Crippen LogP contribution >= 0.6 is 0 Å². The predicted molar refractivity (Wildman–Crippen MR) is 470 cm³/mol. The van der Waals surface area contributed by atoms with Crippen LogP contribution in [0.5, 0.6) is 0 Å². The fourth-order valence-corrected chi connectivity index (χ4v) is 15.8. The normalized spacial score (nSPS) is 11.0. The summed E-state index contributed by atoms with van der Waals surface area (Å²) in [5, 5.41) is 52.3. The van der Waals surface area contributed by atoms with Gasteiger partial charge in [0, 0.05) is 132 Å². The molecule has 4 N–H and O–H groups in total. The Morgan fingerprint density at radius 1 is 0.322 bits per heavy atom. The molecule has 2 radical (unpaired) electrons. The Morgan fingerprint density at radius 2 is 0.661 bits per heavy atom. The van der Waals surface area contributed by atoms with E-state index in [4.69, 9.17) is 29.3 Å². The van der Waals surface area contributed by atoms with Gasteiger partial charge in [-0.2, -0.15) is 13.2 Å². The number of hydrogen-bond acceptors (Lipinski definition) is 10. The number of fused-ring (bicyclic) bond motifs is 24. The summed E-state index contributed by atoms with van der Waals surface area (Å²) in [7, 11) is 3.00. The van der Waals surface area contributed by atoms with Crippen LogP contribution in [0.3, 0.4) is 0 Å². The SMILES string of the molecule is CCO.CCn1c2ccccc2c2cc[c-]c(-c3ccccn3)c21.CO.CO.CO.FC(F)(F)Cn1c2ccccc2c2cc[c-]c(-c3ccccn3)c21.[Ir].[Ir].[c-]1cc2oc3cc4c5ccccc5c5ccccc5c4cc3c2cc1-c1ccccn1.c1ccc(-c2ccc3oc4cc5c6ccccc6c6ccccc6c5cc4c3c2)nc1. The Kier molecular flexibility index (Phi) is 26.5. The third kappa shape index (κ3) is 16.2. The third-order valence-electron chi connectivity index (χ3n) is 20.4. The molecule has 590 valence electrons. The largest absolute Gasteiger partial charge is 0.500 e. The molecule has 22 rings (SSSR count). The molecule has 0 unspecified atom stereocenters. The number of hydrogen-bond donors (Lipinski definition) is 4. The van der Waals surface area contributed by atoms with Gasteiger partial charge in [-0.15, -0.1) is 71.3 Å². The van der Waals surface area contributed by atoms with Crippen LogP contribution in [0.25, 0.3) is 197 Å². The van der Waals surface area contributed by atoms with E-state index in [1.165, 1.54) is 91.0 Å². The number of para-hydroxylation sites is 2. The molecule has 0 aliphatic rings. The van der Waals surface area contributed by atoms with Crippen molar-refractivity contribution in [3.63, 3.8) is 0 Å². The van der Waals surface area contributed by atoms with E-state index in [1.807, 2.05) is 104 Å². The second-order valence-corrected chi connectivity index (χ2v) is 26.9. The number of aliphatic hydroxyl groups excluding tert-OH is 4. The maximum absolute atomic E-state index is 13.2. The molecule has 0 saturated carbocycles. The molecule has 0 saturated heterocycles. The van der Waals surface area contributed by atoms with Gasteiger partial charge in [0.15, 0.2) is 0 Å². The minimum Gasteiger partial charge on any atom is -0.500 e. The molecular formula is C101H78F3Ir2N6O6-3. The zero-order chi connectivity index (χ0) is 80.4. The summed E-state index contributed by atoms with van der Waals surface area (Å²) in [4.78, 5) is 17.8. The molecular weight excluding hydrogens is 1830 g/mol. The molecule has 0 aliphatic heterocycles. The molecule has 8 heterocycles. The molecule has 118 heavy (non-hydrogen) atoms. The first-order chi connectivity index (χ1) is 57.1. The van der Waals surface area contributed by atoms with Gasteiger partial charge >= 0.3 is 6.18 Å². The number of pyridine rings is 4. The van der Waals surface area contributed by atoms with Crippen molar-refractivity contribution in [3.8, 4) is 45.0 Å². The van der Waals surface area contributed by atoms with Crippen LogP contribution in [0.1, 0.15) is 13.8 Å². The standard InChI is InChI=1S/C29H17NO.C29H16NO.C19H12F3N2.C19H15N2.C2H6O.3CH4O.2Ir/c2*1-3-9-21-19(7-1)20-8-2-4-10-22(20)24-17-29-26(16-23(21)24)25-15-18(12-13-28(25)31-29)27-11-5-6-14-30-27;20-19(21,22)12-24-17-10-2-1-6-13(17)14-7-5-8-15(18(14)24)16-9-3-4-11-23-16;1-2-21-18-12-4-3-8-14(18)15-9-7-10-16(19(15)21)17-11-5-6-13-20-17;1-2-3;3*1-2;;/h1-17H;1-11,13-17H;1-7,9-11H,12H2;3-9,11-13H,2H2,1H3;3H,2H2,1H3;3*2H,1H3;;/q;3*-1;;;;;;. The van der Waals surface area contributed by atoms with Crippen molar-refractivity contribution >= 4 is 152 Å².